The largest absolute Gasteiger partial charge is 0.433 e. The van der Waals surface area contributed by atoms with Gasteiger partial charge in [0.1, 0.15) is 5.69 Å². The number of hydrogen-bond acceptors (Lipinski definition) is 2. The molecule has 1 fully saturated rings. The number of piperidine rings is 1. The highest BCUT2D eigenvalue weighted by Crippen LogP contribution is 2.41. The molecule has 1 aliphatic rings. The summed E-state index contributed by atoms with van der Waals surface area (Å²) in [6.45, 7) is 1.34. The summed E-state index contributed by atoms with van der Waals surface area (Å²) in [5.41, 5.74) is 2.38. The van der Waals surface area contributed by atoms with Crippen LogP contribution >= 0.6 is 11.6 Å². The van der Waals surface area contributed by atoms with E-state index in [-0.39, 0.29) is 16.5 Å². The van der Waals surface area contributed by atoms with E-state index in [0.29, 0.717) is 30.1 Å². The molecule has 2 heterocycles. The van der Waals surface area contributed by atoms with Gasteiger partial charge in [0, 0.05) is 30.1 Å². The van der Waals surface area contributed by atoms with Crippen molar-refractivity contribution in [1.82, 2.24) is 4.98 Å². The maximum atomic E-state index is 13.6. The standard InChI is InChI=1S/C28H24ClF3N2/c29-23-13-7-12-22-24(18-25(28(30,31)32)33-27(22)23)34-16-14-21(15-17-34)26(19-8-3-1-4-9-19)20-10-5-2-6-11-20/h1-13,18,21,26H,14-17H2. The third-order valence-electron chi connectivity index (χ3n) is 6.73. The Morgan fingerprint density at radius 3 is 1.97 bits per heavy atom. The number of hydrogen-bond donors (Lipinski definition) is 0. The molecule has 3 aromatic carbocycles. The van der Waals surface area contributed by atoms with Gasteiger partial charge in [-0.05, 0) is 42.0 Å². The summed E-state index contributed by atoms with van der Waals surface area (Å²) in [4.78, 5) is 5.90. The van der Waals surface area contributed by atoms with Gasteiger partial charge in [-0.25, -0.2) is 4.98 Å². The van der Waals surface area contributed by atoms with Gasteiger partial charge < -0.3 is 4.90 Å². The summed E-state index contributed by atoms with van der Waals surface area (Å²) < 4.78 is 40.8. The van der Waals surface area contributed by atoms with Crippen LogP contribution in [0.5, 0.6) is 0 Å². The van der Waals surface area contributed by atoms with E-state index in [1.54, 1.807) is 18.2 Å². The number of halogens is 4. The maximum Gasteiger partial charge on any atom is 0.433 e. The molecule has 0 spiro atoms. The maximum absolute atomic E-state index is 13.6. The van der Waals surface area contributed by atoms with Crippen LogP contribution in [0.4, 0.5) is 18.9 Å². The lowest BCUT2D eigenvalue weighted by Gasteiger charge is -2.38. The number of rotatable bonds is 4. The van der Waals surface area contributed by atoms with Gasteiger partial charge in [0.2, 0.25) is 0 Å². The number of nitrogens with zero attached hydrogens (tertiary/aromatic N) is 2. The molecule has 34 heavy (non-hydrogen) atoms. The van der Waals surface area contributed by atoms with Gasteiger partial charge in [0.25, 0.3) is 0 Å². The highest BCUT2D eigenvalue weighted by molar-refractivity contribution is 6.35. The van der Waals surface area contributed by atoms with E-state index in [1.165, 1.54) is 17.2 Å². The molecule has 5 rings (SSSR count). The Labute approximate surface area is 202 Å². The lowest BCUT2D eigenvalue weighted by Crippen LogP contribution is -2.36. The predicted octanol–water partition coefficient (Wildman–Crippen LogP) is 7.96. The Balaban J connectivity index is 1.47. The number of benzene rings is 3. The molecule has 0 atom stereocenters. The molecular weight excluding hydrogens is 457 g/mol. The molecule has 0 radical (unpaired) electrons. The number of pyridine rings is 1. The van der Waals surface area contributed by atoms with E-state index in [4.69, 9.17) is 11.6 Å². The number of aromatic nitrogens is 1. The summed E-state index contributed by atoms with van der Waals surface area (Å²) >= 11 is 6.24. The quantitative estimate of drug-likeness (QED) is 0.294. The molecule has 0 bridgehead atoms. The zero-order valence-electron chi connectivity index (χ0n) is 18.5. The average molecular weight is 481 g/mol. The first-order valence-electron chi connectivity index (χ1n) is 11.4. The zero-order chi connectivity index (χ0) is 23.7. The molecule has 1 aliphatic heterocycles. The Bertz CT molecular complexity index is 1230. The second-order valence-corrected chi connectivity index (χ2v) is 9.19. The molecule has 6 heteroatoms. The molecule has 0 amide bonds. The fourth-order valence-corrected chi connectivity index (χ4v) is 5.35. The summed E-state index contributed by atoms with van der Waals surface area (Å²) in [6.07, 6.45) is -2.79. The van der Waals surface area contributed by atoms with Crippen LogP contribution in [-0.4, -0.2) is 18.1 Å². The van der Waals surface area contributed by atoms with E-state index in [9.17, 15) is 13.2 Å². The molecule has 4 aromatic rings. The van der Waals surface area contributed by atoms with Crippen LogP contribution in [0.15, 0.2) is 84.9 Å². The second-order valence-electron chi connectivity index (χ2n) is 8.78. The highest BCUT2D eigenvalue weighted by atomic mass is 35.5. The zero-order valence-corrected chi connectivity index (χ0v) is 19.2. The minimum absolute atomic E-state index is 0.197. The normalized spacial score (nSPS) is 15.3. The molecule has 1 aromatic heterocycles. The van der Waals surface area contributed by atoms with Gasteiger partial charge in [-0.1, -0.05) is 84.4 Å². The van der Waals surface area contributed by atoms with Crippen molar-refractivity contribution < 1.29 is 13.2 Å². The highest BCUT2D eigenvalue weighted by Gasteiger charge is 2.35. The molecule has 0 unspecified atom stereocenters. The molecule has 174 valence electrons. The average Bonchev–Trinajstić information content (AvgIpc) is 2.85. The number of anilines is 1. The Hall–Kier alpha value is -3.05. The SMILES string of the molecule is FC(F)(F)c1cc(N2CCC(C(c3ccccc3)c3ccccc3)CC2)c2cccc(Cl)c2n1. The van der Waals surface area contributed by atoms with Crippen LogP contribution in [-0.2, 0) is 6.18 Å². The smallest absolute Gasteiger partial charge is 0.371 e. The van der Waals surface area contributed by atoms with Gasteiger partial charge >= 0.3 is 6.18 Å². The van der Waals surface area contributed by atoms with Crippen molar-refractivity contribution in [3.8, 4) is 0 Å². The number of fused-ring (bicyclic) bond motifs is 1. The molecule has 2 nitrogen and oxygen atoms in total. The third kappa shape index (κ3) is 4.49. The van der Waals surface area contributed by atoms with Gasteiger partial charge in [-0.15, -0.1) is 0 Å². The lowest BCUT2D eigenvalue weighted by molar-refractivity contribution is -0.140. The monoisotopic (exact) mass is 480 g/mol. The molecule has 0 aliphatic carbocycles. The Morgan fingerprint density at radius 2 is 1.41 bits per heavy atom. The van der Waals surface area contributed by atoms with Crippen molar-refractivity contribution in [3.05, 3.63) is 107 Å². The Kier molecular flexibility index (Phi) is 6.22. The van der Waals surface area contributed by atoms with Crippen LogP contribution in [0.25, 0.3) is 10.9 Å². The summed E-state index contributed by atoms with van der Waals surface area (Å²) in [5, 5.41) is 0.884. The first kappa shape index (κ1) is 22.7. The molecular formula is C28H24ClF3N2. The van der Waals surface area contributed by atoms with Crippen LogP contribution in [0.3, 0.4) is 0 Å². The Morgan fingerprint density at radius 1 is 0.824 bits per heavy atom. The number of alkyl halides is 3. The minimum atomic E-state index is -4.54. The first-order chi connectivity index (χ1) is 16.4. The lowest BCUT2D eigenvalue weighted by atomic mass is 9.76. The topological polar surface area (TPSA) is 16.1 Å². The fourth-order valence-electron chi connectivity index (χ4n) is 5.13. The first-order valence-corrected chi connectivity index (χ1v) is 11.8. The van der Waals surface area contributed by atoms with Crippen molar-refractivity contribution in [1.29, 1.82) is 0 Å². The van der Waals surface area contributed by atoms with Crippen molar-refractivity contribution >= 4 is 28.2 Å². The van der Waals surface area contributed by atoms with E-state index >= 15 is 0 Å². The van der Waals surface area contributed by atoms with Crippen LogP contribution in [0.2, 0.25) is 5.02 Å². The fraction of sp³-hybridized carbons (Fsp3) is 0.250. The number of para-hydroxylation sites is 1. The van der Waals surface area contributed by atoms with E-state index < -0.39 is 11.9 Å². The third-order valence-corrected chi connectivity index (χ3v) is 7.03. The van der Waals surface area contributed by atoms with Crippen molar-refractivity contribution in [2.75, 3.05) is 18.0 Å². The van der Waals surface area contributed by atoms with Gasteiger partial charge in [0.05, 0.1) is 10.5 Å². The van der Waals surface area contributed by atoms with Gasteiger partial charge in [0.15, 0.2) is 0 Å². The second kappa shape index (κ2) is 9.30. The molecule has 0 N–H and O–H groups in total. The van der Waals surface area contributed by atoms with Crippen molar-refractivity contribution in [2.45, 2.75) is 24.9 Å². The van der Waals surface area contributed by atoms with E-state index in [0.717, 1.165) is 12.8 Å². The summed E-state index contributed by atoms with van der Waals surface area (Å²) in [5.74, 6) is 0.638. The van der Waals surface area contributed by atoms with Crippen molar-refractivity contribution in [2.24, 2.45) is 5.92 Å². The summed E-state index contributed by atoms with van der Waals surface area (Å²) in [7, 11) is 0. The predicted molar refractivity (Wildman–Crippen MR) is 131 cm³/mol. The van der Waals surface area contributed by atoms with Crippen LogP contribution < -0.4 is 4.90 Å². The van der Waals surface area contributed by atoms with E-state index in [2.05, 4.69) is 58.4 Å². The minimum Gasteiger partial charge on any atom is -0.371 e. The van der Waals surface area contributed by atoms with Gasteiger partial charge in [-0.3, -0.25) is 0 Å². The summed E-state index contributed by atoms with van der Waals surface area (Å²) in [6, 6.07) is 27.3. The molecule has 0 saturated carbocycles. The van der Waals surface area contributed by atoms with Crippen molar-refractivity contribution in [3.63, 3.8) is 0 Å². The van der Waals surface area contributed by atoms with Crippen LogP contribution in [0, 0.1) is 5.92 Å². The van der Waals surface area contributed by atoms with E-state index in [1.807, 2.05) is 12.1 Å². The molecule has 1 saturated heterocycles. The van der Waals surface area contributed by atoms with Gasteiger partial charge in [-0.2, -0.15) is 13.2 Å². The van der Waals surface area contributed by atoms with Crippen LogP contribution in [0.1, 0.15) is 35.6 Å².